The molecule has 0 unspecified atom stereocenters. The molecule has 1 aromatic heterocycles. The lowest BCUT2D eigenvalue weighted by Gasteiger charge is -2.49. The van der Waals surface area contributed by atoms with E-state index >= 15 is 0 Å². The number of β-lactam (4-membered cyclic amide) rings is 1. The van der Waals surface area contributed by atoms with Crippen molar-refractivity contribution in [2.75, 3.05) is 12.4 Å². The van der Waals surface area contributed by atoms with Crippen LogP contribution < -0.4 is 15.5 Å². The molecular formula is C41H31N3O8S2. The van der Waals surface area contributed by atoms with E-state index in [1.54, 1.807) is 36.4 Å². The number of rotatable bonds is 11. The molecule has 1 fully saturated rings. The first kappa shape index (κ1) is 35.0. The van der Waals surface area contributed by atoms with Crippen LogP contribution in [0.25, 0.3) is 22.6 Å². The molecule has 0 radical (unpaired) electrons. The fourth-order valence-corrected chi connectivity index (χ4v) is 8.82. The van der Waals surface area contributed by atoms with Gasteiger partial charge < -0.3 is 23.8 Å². The molecule has 0 saturated carbocycles. The summed E-state index contributed by atoms with van der Waals surface area (Å²) in [6, 6.07) is 30.7. The van der Waals surface area contributed by atoms with Crippen molar-refractivity contribution in [1.82, 2.24) is 15.2 Å². The van der Waals surface area contributed by atoms with Crippen LogP contribution in [-0.2, 0) is 36.7 Å². The lowest BCUT2D eigenvalue weighted by atomic mass is 10.0. The standard InChI is InChI=1S/C41H31N3O8S2/c45-28-15-17-31-33(21-28)51-34-22-29(16-18-32(34)42-31)50-19-7-13-27-24-54(49)40-36(43-35(46)23-30-14-8-20-53-30)39(47)44(40)37(27)41(48)52-38(25-9-3-1-4-10-25)26-11-5-2-6-12-26/h1-18,20-22,36,38,40H,19,23-24H2,(H,43,46)/b13-7-/t36-,40-,54+/m1/s1. The van der Waals surface area contributed by atoms with Gasteiger partial charge in [-0.2, -0.15) is 0 Å². The number of allylic oxidation sites excluding steroid dienone is 1. The maximum absolute atomic E-state index is 14.3. The molecule has 54 heavy (non-hydrogen) atoms. The van der Waals surface area contributed by atoms with Crippen LogP contribution in [0.3, 0.4) is 0 Å². The Bertz CT molecular complexity index is 2390. The first-order valence-corrected chi connectivity index (χ1v) is 19.3. The van der Waals surface area contributed by atoms with Crippen LogP contribution in [0.15, 0.2) is 147 Å². The second-order valence-corrected chi connectivity index (χ2v) is 15.2. The fourth-order valence-electron chi connectivity index (χ4n) is 6.47. The Morgan fingerprint density at radius 2 is 1.74 bits per heavy atom. The van der Waals surface area contributed by atoms with Crippen LogP contribution in [0.1, 0.15) is 22.1 Å². The average Bonchev–Trinajstić information content (AvgIpc) is 3.70. The molecule has 3 aromatic carbocycles. The van der Waals surface area contributed by atoms with E-state index in [1.165, 1.54) is 28.4 Å². The van der Waals surface area contributed by atoms with Crippen LogP contribution in [0.2, 0.25) is 0 Å². The van der Waals surface area contributed by atoms with E-state index in [1.807, 2.05) is 78.2 Å². The minimum absolute atomic E-state index is 0.0401. The molecule has 13 heteroatoms. The molecular weight excluding hydrogens is 727 g/mol. The van der Waals surface area contributed by atoms with Gasteiger partial charge in [-0.25, -0.2) is 9.78 Å². The van der Waals surface area contributed by atoms with Gasteiger partial charge in [0.2, 0.25) is 11.3 Å². The summed E-state index contributed by atoms with van der Waals surface area (Å²) in [5.74, 6) is -0.954. The molecule has 1 saturated heterocycles. The van der Waals surface area contributed by atoms with Gasteiger partial charge in [-0.1, -0.05) is 72.8 Å². The van der Waals surface area contributed by atoms with E-state index < -0.39 is 40.6 Å². The number of carbonyl (C=O) groups excluding carboxylic acids is 3. The molecule has 3 atom stereocenters. The van der Waals surface area contributed by atoms with E-state index in [-0.39, 0.29) is 35.8 Å². The van der Waals surface area contributed by atoms with E-state index in [9.17, 15) is 23.7 Å². The van der Waals surface area contributed by atoms with E-state index in [0.717, 1.165) is 16.0 Å². The monoisotopic (exact) mass is 757 g/mol. The summed E-state index contributed by atoms with van der Waals surface area (Å²) in [4.78, 5) is 59.3. The number of ether oxygens (including phenoxy) is 2. The zero-order valence-corrected chi connectivity index (χ0v) is 30.1. The molecule has 4 aromatic rings. The number of amides is 2. The number of fused-ring (bicyclic) bond motifs is 3. The summed E-state index contributed by atoms with van der Waals surface area (Å²) in [7, 11) is 0. The van der Waals surface area contributed by atoms with Gasteiger partial charge in [-0.15, -0.1) is 11.3 Å². The summed E-state index contributed by atoms with van der Waals surface area (Å²) in [5, 5.41) is 3.65. The third kappa shape index (κ3) is 7.16. The third-order valence-corrected chi connectivity index (χ3v) is 11.5. The molecule has 3 aliphatic heterocycles. The number of nitrogens with zero attached hydrogens (tertiary/aromatic N) is 2. The van der Waals surface area contributed by atoms with Gasteiger partial charge >= 0.3 is 5.97 Å². The molecule has 0 spiro atoms. The fraction of sp³-hybridized carbons (Fsp3) is 0.146. The van der Waals surface area contributed by atoms with Crippen LogP contribution in [0.5, 0.6) is 5.75 Å². The van der Waals surface area contributed by atoms with Crippen LogP contribution in [0, 0.1) is 0 Å². The quantitative estimate of drug-likeness (QED) is 0.0779. The lowest BCUT2D eigenvalue weighted by molar-refractivity contribution is -0.155. The molecule has 4 aliphatic rings. The highest BCUT2D eigenvalue weighted by molar-refractivity contribution is 7.92. The number of esters is 1. The molecule has 8 rings (SSSR count). The van der Waals surface area contributed by atoms with Gasteiger partial charge in [0.1, 0.15) is 35.0 Å². The van der Waals surface area contributed by atoms with Gasteiger partial charge in [-0.05, 0) is 64.1 Å². The van der Waals surface area contributed by atoms with Gasteiger partial charge in [-0.3, -0.25) is 19.3 Å². The largest absolute Gasteiger partial charge is 0.614 e. The van der Waals surface area contributed by atoms with Crippen molar-refractivity contribution < 1.29 is 32.8 Å². The zero-order chi connectivity index (χ0) is 37.2. The van der Waals surface area contributed by atoms with Gasteiger partial charge in [0.15, 0.2) is 28.9 Å². The number of thiophene rings is 1. The van der Waals surface area contributed by atoms with Crippen LogP contribution in [0.4, 0.5) is 0 Å². The number of nitrogens with one attached hydrogen (secondary N) is 1. The van der Waals surface area contributed by atoms with Crippen molar-refractivity contribution in [3.63, 3.8) is 0 Å². The van der Waals surface area contributed by atoms with E-state index in [2.05, 4.69) is 10.3 Å². The summed E-state index contributed by atoms with van der Waals surface area (Å²) in [6.45, 7) is 0.0467. The highest BCUT2D eigenvalue weighted by atomic mass is 32.2. The Morgan fingerprint density at radius 3 is 2.46 bits per heavy atom. The normalized spacial score (nSPS) is 18.2. The lowest BCUT2D eigenvalue weighted by Crippen LogP contribution is -2.74. The number of aromatic nitrogens is 1. The van der Waals surface area contributed by atoms with Crippen molar-refractivity contribution in [3.05, 3.63) is 164 Å². The number of hydrogen-bond donors (Lipinski definition) is 1. The average molecular weight is 758 g/mol. The maximum atomic E-state index is 14.3. The number of benzene rings is 4. The zero-order valence-electron chi connectivity index (χ0n) is 28.5. The Kier molecular flexibility index (Phi) is 9.83. The third-order valence-electron chi connectivity index (χ3n) is 9.00. The van der Waals surface area contributed by atoms with Crippen molar-refractivity contribution in [2.24, 2.45) is 0 Å². The van der Waals surface area contributed by atoms with Gasteiger partial charge in [0.05, 0.1) is 6.42 Å². The van der Waals surface area contributed by atoms with Crippen LogP contribution in [-0.4, -0.2) is 56.0 Å². The van der Waals surface area contributed by atoms with Crippen molar-refractivity contribution in [3.8, 4) is 17.2 Å². The Morgan fingerprint density at radius 1 is 0.981 bits per heavy atom. The molecule has 270 valence electrons. The van der Waals surface area contributed by atoms with Crippen LogP contribution >= 0.6 is 11.3 Å². The summed E-state index contributed by atoms with van der Waals surface area (Å²) >= 11 is -0.240. The van der Waals surface area contributed by atoms with Gasteiger partial charge in [0.25, 0.3) is 5.91 Å². The van der Waals surface area contributed by atoms with Crippen molar-refractivity contribution >= 4 is 51.4 Å². The predicted octanol–water partition coefficient (Wildman–Crippen LogP) is 5.53. The molecule has 11 nitrogen and oxygen atoms in total. The topological polar surface area (TPSA) is 151 Å². The molecule has 1 N–H and O–H groups in total. The molecule has 1 aliphatic carbocycles. The SMILES string of the molecule is O=C(Cc1cccs1)N[C@@H]1C(=O)N2C(C(=O)OC(c3ccccc3)c3ccccc3)=C(/C=C\COc3ccc4nc5ccc(=O)cc-5oc4c3)C[S@+]([O-])[C@H]12. The van der Waals surface area contributed by atoms with Crippen molar-refractivity contribution in [1.29, 1.82) is 0 Å². The molecule has 0 bridgehead atoms. The van der Waals surface area contributed by atoms with Crippen molar-refractivity contribution in [2.45, 2.75) is 23.9 Å². The minimum atomic E-state index is -1.66. The van der Waals surface area contributed by atoms with Gasteiger partial charge in [0, 0.05) is 22.6 Å². The second kappa shape index (κ2) is 15.1. The summed E-state index contributed by atoms with van der Waals surface area (Å²) in [5.41, 5.74) is 3.12. The van der Waals surface area contributed by atoms with E-state index in [4.69, 9.17) is 13.9 Å². The first-order chi connectivity index (χ1) is 26.3. The highest BCUT2D eigenvalue weighted by Crippen LogP contribution is 2.39. The first-order valence-electron chi connectivity index (χ1n) is 17.0. The summed E-state index contributed by atoms with van der Waals surface area (Å²) in [6.07, 6.45) is 2.54. The Balaban J connectivity index is 1.07. The smallest absolute Gasteiger partial charge is 0.356 e. The Labute approximate surface area is 316 Å². The minimum Gasteiger partial charge on any atom is -0.614 e. The summed E-state index contributed by atoms with van der Waals surface area (Å²) < 4.78 is 31.8. The molecule has 4 heterocycles. The molecule has 2 amide bonds. The predicted molar refractivity (Wildman–Crippen MR) is 203 cm³/mol. The number of hydrogen-bond acceptors (Lipinski definition) is 10. The number of carbonyl (C=O) groups is 3. The van der Waals surface area contributed by atoms with E-state index in [0.29, 0.717) is 33.9 Å². The highest BCUT2D eigenvalue weighted by Gasteiger charge is 2.61. The maximum Gasteiger partial charge on any atom is 0.356 e. The second-order valence-electron chi connectivity index (χ2n) is 12.6. The Hall–Kier alpha value is -6.02.